The highest BCUT2D eigenvalue weighted by molar-refractivity contribution is 6.31. The lowest BCUT2D eigenvalue weighted by molar-refractivity contribution is -0.131. The minimum absolute atomic E-state index is 0.222. The monoisotopic (exact) mass is 454 g/mol. The lowest BCUT2D eigenvalue weighted by Crippen LogP contribution is -2.42. The third-order valence-corrected chi connectivity index (χ3v) is 7.56. The fourth-order valence-electron chi connectivity index (χ4n) is 5.31. The summed E-state index contributed by atoms with van der Waals surface area (Å²) in [6.07, 6.45) is 6.26. The second kappa shape index (κ2) is 9.72. The first-order chi connectivity index (χ1) is 15.7. The van der Waals surface area contributed by atoms with Gasteiger partial charge in [0.15, 0.2) is 11.5 Å². The molecule has 5 rings (SSSR count). The fraction of sp³-hybridized carbons (Fsp3) is 0.500. The van der Waals surface area contributed by atoms with Crippen LogP contribution in [0.3, 0.4) is 0 Å². The Morgan fingerprint density at radius 1 is 0.938 bits per heavy atom. The molecule has 0 saturated carbocycles. The molecule has 0 aromatic heterocycles. The number of rotatable bonds is 5. The van der Waals surface area contributed by atoms with E-state index in [0.29, 0.717) is 35.5 Å². The van der Waals surface area contributed by atoms with Crippen LogP contribution in [-0.4, -0.2) is 48.2 Å². The van der Waals surface area contributed by atoms with Crippen LogP contribution in [0.1, 0.15) is 43.2 Å². The van der Waals surface area contributed by atoms with Crippen LogP contribution in [-0.2, 0) is 17.8 Å². The van der Waals surface area contributed by atoms with Crippen molar-refractivity contribution in [1.82, 2.24) is 9.80 Å². The van der Waals surface area contributed by atoms with E-state index in [1.54, 1.807) is 6.07 Å². The van der Waals surface area contributed by atoms with Gasteiger partial charge in [0.2, 0.25) is 12.7 Å². The summed E-state index contributed by atoms with van der Waals surface area (Å²) in [5.74, 6) is 2.38. The van der Waals surface area contributed by atoms with Crippen molar-refractivity contribution < 1.29 is 14.3 Å². The van der Waals surface area contributed by atoms with Crippen LogP contribution in [0.2, 0.25) is 5.02 Å². The second-order valence-electron chi connectivity index (χ2n) is 9.26. The quantitative estimate of drug-likeness (QED) is 0.644. The molecule has 0 N–H and O–H groups in total. The molecular weight excluding hydrogens is 424 g/mol. The molecule has 0 spiro atoms. The van der Waals surface area contributed by atoms with Crippen LogP contribution < -0.4 is 9.47 Å². The molecule has 2 fully saturated rings. The maximum Gasteiger partial charge on any atom is 0.231 e. The first-order valence-electron chi connectivity index (χ1n) is 11.8. The molecule has 2 saturated heterocycles. The molecule has 32 heavy (non-hydrogen) atoms. The summed E-state index contributed by atoms with van der Waals surface area (Å²) in [6, 6.07) is 15.0. The zero-order chi connectivity index (χ0) is 21.9. The number of piperidine rings is 1. The van der Waals surface area contributed by atoms with E-state index in [9.17, 15) is 4.79 Å². The molecule has 1 amide bonds. The van der Waals surface area contributed by atoms with Crippen LogP contribution in [0.4, 0.5) is 0 Å². The van der Waals surface area contributed by atoms with Gasteiger partial charge in [-0.25, -0.2) is 0 Å². The predicted octanol–water partition coefficient (Wildman–Crippen LogP) is 4.90. The summed E-state index contributed by atoms with van der Waals surface area (Å²) in [7, 11) is 0. The molecule has 1 unspecified atom stereocenters. The largest absolute Gasteiger partial charge is 0.454 e. The van der Waals surface area contributed by atoms with Crippen molar-refractivity contribution in [2.75, 3.05) is 26.4 Å². The van der Waals surface area contributed by atoms with Gasteiger partial charge in [-0.2, -0.15) is 0 Å². The van der Waals surface area contributed by atoms with E-state index in [2.05, 4.69) is 35.2 Å². The molecule has 5 nitrogen and oxygen atoms in total. The van der Waals surface area contributed by atoms with E-state index < -0.39 is 0 Å². The first kappa shape index (κ1) is 21.6. The smallest absolute Gasteiger partial charge is 0.231 e. The molecule has 3 heterocycles. The molecule has 3 aliphatic heterocycles. The van der Waals surface area contributed by atoms with Crippen molar-refractivity contribution in [3.05, 3.63) is 58.6 Å². The van der Waals surface area contributed by atoms with Gasteiger partial charge >= 0.3 is 0 Å². The summed E-state index contributed by atoms with van der Waals surface area (Å²) < 4.78 is 10.9. The third kappa shape index (κ3) is 4.89. The number of nitrogens with zero attached hydrogens (tertiary/aromatic N) is 2. The van der Waals surface area contributed by atoms with Crippen molar-refractivity contribution in [1.29, 1.82) is 0 Å². The average molecular weight is 455 g/mol. The van der Waals surface area contributed by atoms with Crippen molar-refractivity contribution in [3.8, 4) is 11.5 Å². The van der Waals surface area contributed by atoms with Crippen LogP contribution in [0, 0.1) is 5.92 Å². The molecule has 3 aliphatic rings. The predicted molar refractivity (Wildman–Crippen MR) is 125 cm³/mol. The maximum absolute atomic E-state index is 12.9. The Bertz CT molecular complexity index is 944. The number of fused-ring (bicyclic) bond motifs is 1. The summed E-state index contributed by atoms with van der Waals surface area (Å²) in [5, 5.41) is 0.628. The molecule has 1 atom stereocenters. The van der Waals surface area contributed by atoms with Gasteiger partial charge in [0, 0.05) is 36.6 Å². The van der Waals surface area contributed by atoms with Crippen LogP contribution in [0.5, 0.6) is 11.5 Å². The molecule has 2 aromatic rings. The summed E-state index contributed by atoms with van der Waals surface area (Å²) in [5.41, 5.74) is 2.37. The first-order valence-corrected chi connectivity index (χ1v) is 12.2. The Kier molecular flexibility index (Phi) is 6.56. The van der Waals surface area contributed by atoms with E-state index in [1.165, 1.54) is 24.8 Å². The summed E-state index contributed by atoms with van der Waals surface area (Å²) in [6.45, 7) is 3.81. The number of likely N-dealkylation sites (tertiary alicyclic amines) is 2. The van der Waals surface area contributed by atoms with Gasteiger partial charge in [-0.3, -0.25) is 4.79 Å². The number of hydrogen-bond donors (Lipinski definition) is 0. The fourth-order valence-corrected chi connectivity index (χ4v) is 5.52. The highest BCUT2D eigenvalue weighted by Gasteiger charge is 2.30. The van der Waals surface area contributed by atoms with Crippen molar-refractivity contribution in [2.24, 2.45) is 5.92 Å². The molecule has 2 aromatic carbocycles. The molecule has 0 radical (unpaired) electrons. The average Bonchev–Trinajstić information content (AvgIpc) is 3.18. The van der Waals surface area contributed by atoms with Gasteiger partial charge < -0.3 is 19.3 Å². The second-order valence-corrected chi connectivity index (χ2v) is 9.67. The van der Waals surface area contributed by atoms with E-state index >= 15 is 0 Å². The molecule has 6 heteroatoms. The molecular formula is C26H31ClN2O3. The van der Waals surface area contributed by atoms with Crippen molar-refractivity contribution >= 4 is 17.5 Å². The topological polar surface area (TPSA) is 42.0 Å². The van der Waals surface area contributed by atoms with E-state index in [0.717, 1.165) is 44.0 Å². The van der Waals surface area contributed by atoms with Gasteiger partial charge in [-0.15, -0.1) is 0 Å². The van der Waals surface area contributed by atoms with Gasteiger partial charge in [-0.1, -0.05) is 41.9 Å². The SMILES string of the molecule is O=C1CCC(N2CCC(Cc3ccccc3)CC2)CCN1Cc1cc2c(cc1Cl)OCO2. The number of amides is 1. The van der Waals surface area contributed by atoms with Gasteiger partial charge in [0.25, 0.3) is 0 Å². The van der Waals surface area contributed by atoms with Crippen LogP contribution >= 0.6 is 11.6 Å². The van der Waals surface area contributed by atoms with Gasteiger partial charge in [0.05, 0.1) is 0 Å². The summed E-state index contributed by atoms with van der Waals surface area (Å²) in [4.78, 5) is 17.5. The highest BCUT2D eigenvalue weighted by Crippen LogP contribution is 2.37. The van der Waals surface area contributed by atoms with Crippen LogP contribution in [0.15, 0.2) is 42.5 Å². The van der Waals surface area contributed by atoms with E-state index in [-0.39, 0.29) is 12.7 Å². The Morgan fingerprint density at radius 2 is 1.69 bits per heavy atom. The van der Waals surface area contributed by atoms with Gasteiger partial charge in [-0.05, 0) is 68.3 Å². The van der Waals surface area contributed by atoms with E-state index in [1.807, 2.05) is 11.0 Å². The zero-order valence-corrected chi connectivity index (χ0v) is 19.2. The Hall–Kier alpha value is -2.24. The molecule has 170 valence electrons. The Labute approximate surface area is 195 Å². The maximum atomic E-state index is 12.9. The number of carbonyl (C=O) groups is 1. The lowest BCUT2D eigenvalue weighted by Gasteiger charge is -2.37. The summed E-state index contributed by atoms with van der Waals surface area (Å²) >= 11 is 6.46. The molecule has 0 aliphatic carbocycles. The number of carbonyl (C=O) groups excluding carboxylic acids is 1. The zero-order valence-electron chi connectivity index (χ0n) is 18.5. The standard InChI is InChI=1S/C26H31ClN2O3/c27-23-16-25-24(31-18-32-25)15-21(23)17-29-13-10-22(6-7-26(29)30)28-11-8-20(9-12-28)14-19-4-2-1-3-5-19/h1-5,15-16,20,22H,6-14,17-18H2. The normalized spacial score (nSPS) is 22.2. The number of benzene rings is 2. The minimum atomic E-state index is 0.222. The van der Waals surface area contributed by atoms with Crippen molar-refractivity contribution in [3.63, 3.8) is 0 Å². The third-order valence-electron chi connectivity index (χ3n) is 7.21. The van der Waals surface area contributed by atoms with E-state index in [4.69, 9.17) is 21.1 Å². The van der Waals surface area contributed by atoms with Crippen LogP contribution in [0.25, 0.3) is 0 Å². The number of ether oxygens (including phenoxy) is 2. The number of hydrogen-bond acceptors (Lipinski definition) is 4. The van der Waals surface area contributed by atoms with Crippen molar-refractivity contribution in [2.45, 2.75) is 51.1 Å². The van der Waals surface area contributed by atoms with Gasteiger partial charge in [0.1, 0.15) is 0 Å². The number of halogens is 1. The highest BCUT2D eigenvalue weighted by atomic mass is 35.5. The molecule has 0 bridgehead atoms. The Balaban J connectivity index is 1.15. The Morgan fingerprint density at radius 3 is 2.47 bits per heavy atom. The lowest BCUT2D eigenvalue weighted by atomic mass is 9.89. The minimum Gasteiger partial charge on any atom is -0.454 e.